The summed E-state index contributed by atoms with van der Waals surface area (Å²) in [6.45, 7) is 2.32. The number of hydrogen-bond acceptors (Lipinski definition) is 4. The third-order valence-corrected chi connectivity index (χ3v) is 5.64. The van der Waals surface area contributed by atoms with Gasteiger partial charge in [-0.2, -0.15) is 0 Å². The van der Waals surface area contributed by atoms with Gasteiger partial charge in [-0.25, -0.2) is 0 Å². The quantitative estimate of drug-likeness (QED) is 0.563. The number of ether oxygens (including phenoxy) is 1. The number of rotatable bonds is 3. The van der Waals surface area contributed by atoms with Crippen LogP contribution in [0.1, 0.15) is 22.8 Å². The van der Waals surface area contributed by atoms with Crippen molar-refractivity contribution in [3.8, 4) is 16.9 Å². The first-order valence-corrected chi connectivity index (χ1v) is 9.54. The van der Waals surface area contributed by atoms with E-state index in [1.165, 1.54) is 5.56 Å². The SMILES string of the molecule is Cc1cc2ccccc2c(-c2ccc3c4c(ccnc24)CCO3)c1C(O)CO. The minimum Gasteiger partial charge on any atom is -0.493 e. The Balaban J connectivity index is 1.94. The van der Waals surface area contributed by atoms with Gasteiger partial charge in [-0.15, -0.1) is 0 Å². The van der Waals surface area contributed by atoms with Crippen molar-refractivity contribution in [1.29, 1.82) is 0 Å². The van der Waals surface area contributed by atoms with Crippen LogP contribution in [0.5, 0.6) is 5.75 Å². The van der Waals surface area contributed by atoms with E-state index in [1.807, 2.05) is 37.4 Å². The maximum atomic E-state index is 10.7. The number of nitrogens with zero attached hydrogens (tertiary/aromatic N) is 1. The zero-order chi connectivity index (χ0) is 19.3. The van der Waals surface area contributed by atoms with E-state index >= 15 is 0 Å². The second kappa shape index (κ2) is 6.59. The molecule has 0 fully saturated rings. The van der Waals surface area contributed by atoms with Gasteiger partial charge < -0.3 is 14.9 Å². The summed E-state index contributed by atoms with van der Waals surface area (Å²) in [6.07, 6.45) is 1.74. The Morgan fingerprint density at radius 2 is 2.00 bits per heavy atom. The van der Waals surface area contributed by atoms with E-state index in [0.717, 1.165) is 56.1 Å². The van der Waals surface area contributed by atoms with Gasteiger partial charge >= 0.3 is 0 Å². The topological polar surface area (TPSA) is 62.6 Å². The number of fused-ring (bicyclic) bond motifs is 1. The molecular formula is C24H21NO3. The number of aliphatic hydroxyl groups is 2. The van der Waals surface area contributed by atoms with Crippen molar-refractivity contribution in [3.63, 3.8) is 0 Å². The minimum atomic E-state index is -0.957. The molecule has 4 aromatic rings. The van der Waals surface area contributed by atoms with Crippen molar-refractivity contribution in [2.45, 2.75) is 19.4 Å². The van der Waals surface area contributed by atoms with Crippen molar-refractivity contribution < 1.29 is 14.9 Å². The summed E-state index contributed by atoms with van der Waals surface area (Å²) >= 11 is 0. The molecular weight excluding hydrogens is 350 g/mol. The third kappa shape index (κ3) is 2.49. The predicted molar refractivity (Wildman–Crippen MR) is 111 cm³/mol. The third-order valence-electron chi connectivity index (χ3n) is 5.64. The molecule has 1 unspecified atom stereocenters. The van der Waals surface area contributed by atoms with Crippen molar-refractivity contribution in [1.82, 2.24) is 4.98 Å². The molecule has 2 heterocycles. The molecule has 3 aromatic carbocycles. The first kappa shape index (κ1) is 17.2. The Hall–Kier alpha value is -2.95. The van der Waals surface area contributed by atoms with Crippen molar-refractivity contribution in [3.05, 3.63) is 71.4 Å². The van der Waals surface area contributed by atoms with Crippen LogP contribution in [0.15, 0.2) is 54.7 Å². The molecule has 1 atom stereocenters. The Bertz CT molecular complexity index is 1210. The lowest BCUT2D eigenvalue weighted by molar-refractivity contribution is 0.0956. The number of pyridine rings is 1. The number of benzene rings is 3. The van der Waals surface area contributed by atoms with Crippen LogP contribution in [-0.4, -0.2) is 28.4 Å². The summed E-state index contributed by atoms with van der Waals surface area (Å²) in [6, 6.07) is 16.3. The average Bonchev–Trinajstić information content (AvgIpc) is 2.73. The number of aromatic nitrogens is 1. The number of aliphatic hydroxyl groups excluding tert-OH is 2. The molecule has 5 rings (SSSR count). The second-order valence-electron chi connectivity index (χ2n) is 7.31. The smallest absolute Gasteiger partial charge is 0.129 e. The number of aryl methyl sites for hydroxylation is 1. The highest BCUT2D eigenvalue weighted by Crippen LogP contribution is 2.43. The van der Waals surface area contributed by atoms with E-state index in [-0.39, 0.29) is 6.61 Å². The zero-order valence-corrected chi connectivity index (χ0v) is 15.6. The lowest BCUT2D eigenvalue weighted by Gasteiger charge is -2.23. The summed E-state index contributed by atoms with van der Waals surface area (Å²) in [5.74, 6) is 0.856. The lowest BCUT2D eigenvalue weighted by atomic mass is 9.86. The Morgan fingerprint density at radius 1 is 1.14 bits per heavy atom. The van der Waals surface area contributed by atoms with Crippen LogP contribution in [0.25, 0.3) is 32.8 Å². The molecule has 0 spiro atoms. The molecule has 0 saturated heterocycles. The van der Waals surface area contributed by atoms with Crippen molar-refractivity contribution in [2.75, 3.05) is 13.2 Å². The highest BCUT2D eigenvalue weighted by atomic mass is 16.5. The summed E-state index contributed by atoms with van der Waals surface area (Å²) in [5, 5.41) is 23.6. The molecule has 28 heavy (non-hydrogen) atoms. The van der Waals surface area contributed by atoms with Crippen LogP contribution < -0.4 is 4.74 Å². The van der Waals surface area contributed by atoms with Gasteiger partial charge in [0.2, 0.25) is 0 Å². The fourth-order valence-electron chi connectivity index (χ4n) is 4.42. The molecule has 0 amide bonds. The van der Waals surface area contributed by atoms with E-state index in [2.05, 4.69) is 24.3 Å². The largest absolute Gasteiger partial charge is 0.493 e. The fourth-order valence-corrected chi connectivity index (χ4v) is 4.42. The van der Waals surface area contributed by atoms with E-state index < -0.39 is 6.10 Å². The lowest BCUT2D eigenvalue weighted by Crippen LogP contribution is -2.10. The van der Waals surface area contributed by atoms with E-state index in [9.17, 15) is 10.2 Å². The van der Waals surface area contributed by atoms with Crippen LogP contribution >= 0.6 is 0 Å². The van der Waals surface area contributed by atoms with Gasteiger partial charge in [0.05, 0.1) is 18.7 Å². The molecule has 4 nitrogen and oxygen atoms in total. The molecule has 1 aromatic heterocycles. The highest BCUT2D eigenvalue weighted by molar-refractivity contribution is 6.08. The van der Waals surface area contributed by atoms with Crippen LogP contribution in [-0.2, 0) is 6.42 Å². The Morgan fingerprint density at radius 3 is 2.86 bits per heavy atom. The van der Waals surface area contributed by atoms with Crippen molar-refractivity contribution >= 4 is 21.7 Å². The van der Waals surface area contributed by atoms with Crippen LogP contribution in [0.2, 0.25) is 0 Å². The van der Waals surface area contributed by atoms with Gasteiger partial charge in [0.25, 0.3) is 0 Å². The molecule has 2 N–H and O–H groups in total. The average molecular weight is 371 g/mol. The van der Waals surface area contributed by atoms with Gasteiger partial charge in [-0.1, -0.05) is 30.3 Å². The van der Waals surface area contributed by atoms with Crippen molar-refractivity contribution in [2.24, 2.45) is 0 Å². The predicted octanol–water partition coefficient (Wildman–Crippen LogP) is 4.32. The van der Waals surface area contributed by atoms with E-state index in [4.69, 9.17) is 9.72 Å². The van der Waals surface area contributed by atoms with E-state index in [0.29, 0.717) is 6.61 Å². The first-order valence-electron chi connectivity index (χ1n) is 9.54. The Kier molecular flexibility index (Phi) is 4.04. The highest BCUT2D eigenvalue weighted by Gasteiger charge is 2.23. The summed E-state index contributed by atoms with van der Waals surface area (Å²) in [4.78, 5) is 4.70. The summed E-state index contributed by atoms with van der Waals surface area (Å²) in [5.41, 5.74) is 5.69. The molecule has 0 bridgehead atoms. The molecule has 0 radical (unpaired) electrons. The first-order chi connectivity index (χ1) is 13.7. The van der Waals surface area contributed by atoms with Gasteiger partial charge in [0.1, 0.15) is 11.9 Å². The monoisotopic (exact) mass is 371 g/mol. The van der Waals surface area contributed by atoms with Gasteiger partial charge in [0, 0.05) is 23.6 Å². The molecule has 1 aliphatic heterocycles. The summed E-state index contributed by atoms with van der Waals surface area (Å²) in [7, 11) is 0. The fraction of sp³-hybridized carbons (Fsp3) is 0.208. The van der Waals surface area contributed by atoms with Gasteiger partial charge in [-0.3, -0.25) is 4.98 Å². The normalized spacial score (nSPS) is 14.2. The van der Waals surface area contributed by atoms with Gasteiger partial charge in [0.15, 0.2) is 0 Å². The minimum absolute atomic E-state index is 0.329. The summed E-state index contributed by atoms with van der Waals surface area (Å²) < 4.78 is 5.87. The van der Waals surface area contributed by atoms with Crippen LogP contribution in [0.3, 0.4) is 0 Å². The molecule has 0 aliphatic carbocycles. The molecule has 140 valence electrons. The molecule has 4 heteroatoms. The zero-order valence-electron chi connectivity index (χ0n) is 15.6. The molecule has 0 saturated carbocycles. The van der Waals surface area contributed by atoms with Gasteiger partial charge in [-0.05, 0) is 58.1 Å². The van der Waals surface area contributed by atoms with E-state index in [1.54, 1.807) is 0 Å². The van der Waals surface area contributed by atoms with Crippen LogP contribution in [0.4, 0.5) is 0 Å². The maximum Gasteiger partial charge on any atom is 0.129 e. The van der Waals surface area contributed by atoms with Crippen LogP contribution in [0, 0.1) is 6.92 Å². The maximum absolute atomic E-state index is 10.7. The number of hydrogen-bond donors (Lipinski definition) is 2. The Labute approximate surface area is 163 Å². The standard InChI is InChI=1S/C24H21NO3/c1-14-12-16-4-2-3-5-17(16)23(21(14)19(27)13-26)18-6-7-20-22-15(9-11-28-20)8-10-25-24(18)22/h2-8,10,12,19,26-27H,9,11,13H2,1H3. The molecule has 1 aliphatic rings. The second-order valence-corrected chi connectivity index (χ2v) is 7.31.